The van der Waals surface area contributed by atoms with Crippen molar-refractivity contribution in [1.82, 2.24) is 4.98 Å². The molecule has 0 spiro atoms. The van der Waals surface area contributed by atoms with Crippen LogP contribution in [0.25, 0.3) is 30.3 Å². The summed E-state index contributed by atoms with van der Waals surface area (Å²) in [7, 11) is 0. The molecule has 0 saturated carbocycles. The number of pyridine rings is 1. The van der Waals surface area contributed by atoms with E-state index in [4.69, 9.17) is 58.8 Å². The summed E-state index contributed by atoms with van der Waals surface area (Å²) in [6.07, 6.45) is 18.3. The fourth-order valence-corrected chi connectivity index (χ4v) is 8.69. The average Bonchev–Trinajstić information content (AvgIpc) is 3.45. The van der Waals surface area contributed by atoms with Gasteiger partial charge in [0.15, 0.2) is 11.6 Å². The predicted molar refractivity (Wildman–Crippen MR) is 361 cm³/mol. The predicted octanol–water partition coefficient (Wildman–Crippen LogP) is 18.6. The molecule has 3 aliphatic rings. The highest BCUT2D eigenvalue weighted by molar-refractivity contribution is 14.1. The van der Waals surface area contributed by atoms with Crippen molar-refractivity contribution in [1.29, 1.82) is 0 Å². The van der Waals surface area contributed by atoms with E-state index in [0.29, 0.717) is 23.0 Å². The maximum Gasteiger partial charge on any atom is 0.339 e. The molecule has 0 bridgehead atoms. The van der Waals surface area contributed by atoms with Gasteiger partial charge in [-0.05, 0) is 217 Å². The first kappa shape index (κ1) is 72.0. The van der Waals surface area contributed by atoms with Gasteiger partial charge >= 0.3 is 16.9 Å². The van der Waals surface area contributed by atoms with Crippen molar-refractivity contribution < 1.29 is 33.2 Å². The van der Waals surface area contributed by atoms with Gasteiger partial charge in [0.1, 0.15) is 11.5 Å². The third-order valence-corrected chi connectivity index (χ3v) is 13.4. The van der Waals surface area contributed by atoms with E-state index >= 15 is 0 Å². The van der Waals surface area contributed by atoms with Gasteiger partial charge in [-0.15, -0.1) is 0 Å². The summed E-state index contributed by atoms with van der Waals surface area (Å²) >= 11 is 28.7. The van der Waals surface area contributed by atoms with E-state index in [1.54, 1.807) is 32.9 Å². The topological polar surface area (TPSA) is 178 Å². The van der Waals surface area contributed by atoms with Crippen molar-refractivity contribution in [2.24, 2.45) is 23.5 Å². The van der Waals surface area contributed by atoms with Crippen LogP contribution in [0.1, 0.15) is 27.2 Å². The molecule has 8 rings (SSSR count). The van der Waals surface area contributed by atoms with Crippen LogP contribution in [0.3, 0.4) is 0 Å². The van der Waals surface area contributed by atoms with Crippen LogP contribution in [-0.2, 0) is 28.4 Å². The number of benzene rings is 4. The van der Waals surface area contributed by atoms with E-state index in [1.165, 1.54) is 15.8 Å². The summed E-state index contributed by atoms with van der Waals surface area (Å²) in [6, 6.07) is 32.7. The Balaban J connectivity index is 0.000000329. The number of anilines is 1. The number of hydrogen-bond acceptors (Lipinski definition) is 10. The SMILES string of the molecule is Nc1ccc(I)cc1.O=P(Cl)(Cl)Cl.[C-]#[N+]/C(=C/OCC)C(=O)OCC.[C-]#[N+]/C(=C\C)C(=O)C1C=C(I)C=CC1N.[C-]#[N+]C1=CCC2C=CC(I)=CC2C1=O.[C-]#[N+]c1cnc2ccc(I)cc2c1Cl.c1ccc(Oc2ccccc2)cc1. The lowest BCUT2D eigenvalue weighted by Crippen LogP contribution is -2.34. The Morgan fingerprint density at radius 2 is 1.35 bits per heavy atom. The van der Waals surface area contributed by atoms with Gasteiger partial charge in [0, 0.05) is 49.4 Å². The lowest BCUT2D eigenvalue weighted by molar-refractivity contribution is -0.138. The largest absolute Gasteiger partial charge is 0.512 e. The second-order valence-electron chi connectivity index (χ2n) is 15.8. The lowest BCUT2D eigenvalue weighted by Gasteiger charge is -2.26. The molecule has 0 saturated heterocycles. The van der Waals surface area contributed by atoms with Gasteiger partial charge in [-0.25, -0.2) is 19.4 Å². The molecule has 81 heavy (non-hydrogen) atoms. The second kappa shape index (κ2) is 39.4. The summed E-state index contributed by atoms with van der Waals surface area (Å²) in [5.41, 5.74) is 13.6. The van der Waals surface area contributed by atoms with E-state index in [2.05, 4.69) is 159 Å². The fraction of sp³-hybridized carbons (Fsp3) is 0.172. The number of ether oxygens (including phenoxy) is 3. The maximum absolute atomic E-state index is 11.9. The summed E-state index contributed by atoms with van der Waals surface area (Å²) in [5, 5.41) is -1.89. The number of esters is 1. The summed E-state index contributed by atoms with van der Waals surface area (Å²) in [6.45, 7) is 33.1. The molecule has 1 aromatic heterocycles. The Bertz CT molecular complexity index is 3320. The molecule has 0 aliphatic heterocycles. The Morgan fingerprint density at radius 1 is 0.790 bits per heavy atom. The Hall–Kier alpha value is -5.09. The van der Waals surface area contributed by atoms with Crippen molar-refractivity contribution in [2.45, 2.75) is 33.2 Å². The maximum atomic E-state index is 11.9. The number of nitrogens with zero attached hydrogens (tertiary/aromatic N) is 5. The van der Waals surface area contributed by atoms with Crippen LogP contribution < -0.4 is 16.2 Å². The minimum atomic E-state index is -3.22. The lowest BCUT2D eigenvalue weighted by atomic mass is 9.78. The fourth-order valence-electron chi connectivity index (χ4n) is 6.41. The summed E-state index contributed by atoms with van der Waals surface area (Å²) in [5.74, 6) is 0.659. The number of carbonyl (C=O) groups excluding carboxylic acids is 3. The number of fused-ring (bicyclic) bond motifs is 2. The molecule has 4 aromatic carbocycles. The molecule has 0 amide bonds. The van der Waals surface area contributed by atoms with Crippen LogP contribution in [0.4, 0.5) is 11.4 Å². The highest BCUT2D eigenvalue weighted by Gasteiger charge is 2.32. The zero-order valence-electron chi connectivity index (χ0n) is 43.2. The van der Waals surface area contributed by atoms with Crippen molar-refractivity contribution in [3.8, 4) is 11.5 Å². The molecule has 4 unspecified atom stereocenters. The number of allylic oxidation sites excluding steroid dienone is 10. The molecule has 4 atom stereocenters. The Labute approximate surface area is 546 Å². The van der Waals surface area contributed by atoms with E-state index in [9.17, 15) is 18.9 Å². The van der Waals surface area contributed by atoms with Crippen LogP contribution in [0.5, 0.6) is 11.5 Å². The number of nitrogen functional groups attached to an aromatic ring is 1. The van der Waals surface area contributed by atoms with Gasteiger partial charge in [0.2, 0.25) is 17.1 Å². The number of rotatable bonds is 8. The number of halogens is 8. The highest BCUT2D eigenvalue weighted by atomic mass is 127. The molecule has 5 aromatic rings. The third-order valence-electron chi connectivity index (χ3n) is 10.2. The zero-order chi connectivity index (χ0) is 60.5. The van der Waals surface area contributed by atoms with Crippen molar-refractivity contribution in [3.63, 3.8) is 0 Å². The van der Waals surface area contributed by atoms with Crippen LogP contribution >= 0.6 is 141 Å². The van der Waals surface area contributed by atoms with Crippen molar-refractivity contribution in [3.05, 3.63) is 246 Å². The van der Waals surface area contributed by atoms with E-state index in [1.807, 2.05) is 127 Å². The van der Waals surface area contributed by atoms with Gasteiger partial charge in [0.05, 0.1) is 56.3 Å². The molecular formula is C58H50Cl4I4N7O7P. The number of carbonyl (C=O) groups is 3. The summed E-state index contributed by atoms with van der Waals surface area (Å²) < 4.78 is 28.8. The molecule has 0 radical (unpaired) electrons. The Morgan fingerprint density at radius 3 is 1.85 bits per heavy atom. The van der Waals surface area contributed by atoms with Gasteiger partial charge < -0.3 is 35.3 Å². The van der Waals surface area contributed by atoms with Gasteiger partial charge in [-0.1, -0.05) is 104 Å². The molecular weight excluding hydrogens is 1590 g/mol. The van der Waals surface area contributed by atoms with Gasteiger partial charge in [0.25, 0.3) is 0 Å². The summed E-state index contributed by atoms with van der Waals surface area (Å²) in [4.78, 5) is 51.4. The first-order chi connectivity index (χ1) is 38.5. The molecule has 4 N–H and O–H groups in total. The number of para-hydroxylation sites is 2. The third kappa shape index (κ3) is 28.2. The first-order valence-corrected chi connectivity index (χ1v) is 32.7. The molecule has 14 nitrogen and oxygen atoms in total. The smallest absolute Gasteiger partial charge is 0.339 e. The Kier molecular flexibility index (Phi) is 35.0. The first-order valence-electron chi connectivity index (χ1n) is 23.6. The molecule has 0 fully saturated rings. The molecule has 3 aliphatic carbocycles. The van der Waals surface area contributed by atoms with Crippen LogP contribution in [0.2, 0.25) is 5.02 Å². The standard InChI is InChI=1S/C12H10O.C11H11IN2O.C11H8INO.C10H4ClIN2.C8H11NO3.C6H6IN.Cl3OP/c1-3-7-11(8-4-1)13-12-9-5-2-6-10-12;1-3-10(14-2)11(15)8-6-7(12)4-5-9(8)13;1-13-10-5-3-7-2-4-8(12)6-9(7)11(10)14;1-13-9-5-14-8-3-2-6(12)4-7(8)10(9)11;1-4-11-6-7(9-3)8(10)12-5-2;7-5-1-3-6(8)4-2-5;1-5(2,3)4/h1-10H;3-6,8-9H,13H2,1H3;2,4-7,9H,3H2;2-5H;6H,4-5H2,1-2H3;1-4H,8H2;/b;10-3-;;;7-6+;;. The number of ketones is 2. The van der Waals surface area contributed by atoms with Gasteiger partial charge in [-0.2, -0.15) is 0 Å². The quantitative estimate of drug-likeness (QED) is 0.0289. The van der Waals surface area contributed by atoms with Crippen LogP contribution in [0.15, 0.2) is 188 Å². The van der Waals surface area contributed by atoms with E-state index < -0.39 is 17.1 Å². The second-order valence-corrected chi connectivity index (χ2v) is 27.8. The van der Waals surface area contributed by atoms with Crippen molar-refractivity contribution in [2.75, 3.05) is 18.9 Å². The minimum absolute atomic E-state index is 0.0187. The van der Waals surface area contributed by atoms with Crippen LogP contribution in [0, 0.1) is 51.2 Å². The normalized spacial score (nSPS) is 16.4. The molecule has 23 heteroatoms. The molecule has 1 heterocycles. The average molecular weight is 1640 g/mol. The minimum Gasteiger partial charge on any atom is -0.512 e. The number of Topliss-reactive ketones (excluding diaryl/α,β-unsaturated/α-hetero) is 2. The number of aromatic nitrogens is 1. The number of hydrogen-bond donors (Lipinski definition) is 2. The highest BCUT2D eigenvalue weighted by Crippen LogP contribution is 2.61. The monoisotopic (exact) mass is 1630 g/mol. The van der Waals surface area contributed by atoms with Crippen molar-refractivity contribution >= 4 is 181 Å². The van der Waals surface area contributed by atoms with E-state index in [0.717, 1.165) is 51.5 Å². The zero-order valence-corrected chi connectivity index (χ0v) is 55.8. The van der Waals surface area contributed by atoms with E-state index in [-0.39, 0.29) is 47.4 Å². The molecule has 420 valence electrons. The number of nitrogens with two attached hydrogens (primary N) is 2. The van der Waals surface area contributed by atoms with Crippen LogP contribution in [-0.4, -0.2) is 41.8 Å². The van der Waals surface area contributed by atoms with Gasteiger partial charge in [-0.3, -0.25) is 14.3 Å².